The van der Waals surface area contributed by atoms with Gasteiger partial charge in [0.2, 0.25) is 5.91 Å². The first kappa shape index (κ1) is 24.2. The molecule has 32 heavy (non-hydrogen) atoms. The molecule has 1 amide bonds. The van der Waals surface area contributed by atoms with Crippen LogP contribution in [-0.4, -0.2) is 64.3 Å². The lowest BCUT2D eigenvalue weighted by atomic mass is 10.2. The van der Waals surface area contributed by atoms with E-state index in [9.17, 15) is 13.2 Å². The first-order valence-electron chi connectivity index (χ1n) is 10.4. The first-order chi connectivity index (χ1) is 15.2. The molecule has 0 aliphatic carbocycles. The van der Waals surface area contributed by atoms with Crippen molar-refractivity contribution < 1.29 is 17.9 Å². The molecule has 0 spiro atoms. The fraction of sp³-hybridized carbons (Fsp3) is 0.391. The van der Waals surface area contributed by atoms with Gasteiger partial charge in [0.15, 0.2) is 15.0 Å². The van der Waals surface area contributed by atoms with Gasteiger partial charge in [0, 0.05) is 13.0 Å². The van der Waals surface area contributed by atoms with Crippen LogP contribution in [-0.2, 0) is 14.6 Å². The lowest BCUT2D eigenvalue weighted by molar-refractivity contribution is -0.118. The minimum atomic E-state index is -3.54. The molecule has 3 rings (SSSR count). The fourth-order valence-corrected chi connectivity index (χ4v) is 5.49. The number of hydrogen-bond acceptors (Lipinski definition) is 7. The number of fused-ring (bicyclic) bond motifs is 1. The van der Waals surface area contributed by atoms with Gasteiger partial charge in [0.05, 0.1) is 28.0 Å². The van der Waals surface area contributed by atoms with Gasteiger partial charge in [-0.1, -0.05) is 29.0 Å². The maximum absolute atomic E-state index is 13.1. The second-order valence-electron chi connectivity index (χ2n) is 7.91. The highest BCUT2D eigenvalue weighted by molar-refractivity contribution is 7.91. The van der Waals surface area contributed by atoms with Crippen molar-refractivity contribution in [2.75, 3.05) is 44.9 Å². The quantitative estimate of drug-likeness (QED) is 0.444. The normalized spacial score (nSPS) is 11.8. The summed E-state index contributed by atoms with van der Waals surface area (Å²) >= 11 is 1.40. The molecule has 2 aromatic carbocycles. The Morgan fingerprint density at radius 2 is 1.81 bits per heavy atom. The zero-order valence-corrected chi connectivity index (χ0v) is 20.5. The van der Waals surface area contributed by atoms with E-state index in [-0.39, 0.29) is 23.0 Å². The summed E-state index contributed by atoms with van der Waals surface area (Å²) < 4.78 is 31.6. The van der Waals surface area contributed by atoms with Crippen LogP contribution in [0.2, 0.25) is 0 Å². The molecule has 0 unspecified atom stereocenters. The number of carbonyl (C=O) groups excluding carboxylic acids is 1. The van der Waals surface area contributed by atoms with Crippen LogP contribution in [0, 0.1) is 6.92 Å². The molecular weight excluding hydrogens is 446 g/mol. The van der Waals surface area contributed by atoms with Crippen LogP contribution in [0.1, 0.15) is 18.4 Å². The van der Waals surface area contributed by atoms with Gasteiger partial charge in [-0.25, -0.2) is 13.4 Å². The lowest BCUT2D eigenvalue weighted by Crippen LogP contribution is -2.34. The third-order valence-corrected chi connectivity index (χ3v) is 7.84. The molecule has 1 aromatic heterocycles. The SMILES string of the molecule is COc1ccc2nc(N(CCCN(C)C)C(=O)CCS(=O)(=O)c3ccc(C)cc3)sc2c1. The lowest BCUT2D eigenvalue weighted by Gasteiger charge is -2.21. The van der Waals surface area contributed by atoms with Crippen LogP contribution < -0.4 is 9.64 Å². The number of anilines is 1. The van der Waals surface area contributed by atoms with Crippen molar-refractivity contribution in [3.63, 3.8) is 0 Å². The highest BCUT2D eigenvalue weighted by Crippen LogP contribution is 2.32. The Kier molecular flexibility index (Phi) is 7.86. The van der Waals surface area contributed by atoms with E-state index in [4.69, 9.17) is 4.74 Å². The number of aromatic nitrogens is 1. The average molecular weight is 476 g/mol. The van der Waals surface area contributed by atoms with E-state index in [0.29, 0.717) is 11.7 Å². The van der Waals surface area contributed by atoms with Gasteiger partial charge < -0.3 is 9.64 Å². The van der Waals surface area contributed by atoms with Gasteiger partial charge in [0.1, 0.15) is 5.75 Å². The van der Waals surface area contributed by atoms with Gasteiger partial charge in [-0.05, 0) is 64.3 Å². The first-order valence-corrected chi connectivity index (χ1v) is 12.9. The topological polar surface area (TPSA) is 79.8 Å². The van der Waals surface area contributed by atoms with Crippen molar-refractivity contribution in [3.05, 3.63) is 48.0 Å². The summed E-state index contributed by atoms with van der Waals surface area (Å²) in [6, 6.07) is 12.3. The highest BCUT2D eigenvalue weighted by Gasteiger charge is 2.23. The van der Waals surface area contributed by atoms with Crippen LogP contribution in [0.15, 0.2) is 47.4 Å². The van der Waals surface area contributed by atoms with Crippen molar-refractivity contribution in [1.82, 2.24) is 9.88 Å². The molecule has 9 heteroatoms. The van der Waals surface area contributed by atoms with Gasteiger partial charge in [-0.15, -0.1) is 0 Å². The van der Waals surface area contributed by atoms with Crippen LogP contribution in [0.25, 0.3) is 10.2 Å². The third-order valence-electron chi connectivity index (χ3n) is 5.07. The smallest absolute Gasteiger partial charge is 0.229 e. The number of methoxy groups -OCH3 is 1. The minimum Gasteiger partial charge on any atom is -0.497 e. The van der Waals surface area contributed by atoms with Gasteiger partial charge in [-0.2, -0.15) is 0 Å². The van der Waals surface area contributed by atoms with E-state index >= 15 is 0 Å². The molecule has 0 aliphatic rings. The van der Waals surface area contributed by atoms with E-state index in [2.05, 4.69) is 4.98 Å². The molecule has 7 nitrogen and oxygen atoms in total. The Morgan fingerprint density at radius 1 is 1.09 bits per heavy atom. The fourth-order valence-electron chi connectivity index (χ4n) is 3.23. The van der Waals surface area contributed by atoms with Crippen molar-refractivity contribution in [1.29, 1.82) is 0 Å². The molecule has 0 bridgehead atoms. The van der Waals surface area contributed by atoms with Gasteiger partial charge >= 0.3 is 0 Å². The summed E-state index contributed by atoms with van der Waals surface area (Å²) in [5.41, 5.74) is 1.77. The Balaban J connectivity index is 1.80. The zero-order valence-electron chi connectivity index (χ0n) is 18.9. The minimum absolute atomic E-state index is 0.0998. The van der Waals surface area contributed by atoms with Crippen molar-refractivity contribution in [3.8, 4) is 5.75 Å². The van der Waals surface area contributed by atoms with E-state index in [1.54, 1.807) is 36.3 Å². The van der Waals surface area contributed by atoms with Gasteiger partial charge in [0.25, 0.3) is 0 Å². The Hall–Kier alpha value is -2.49. The van der Waals surface area contributed by atoms with Crippen molar-refractivity contribution in [2.45, 2.75) is 24.7 Å². The maximum atomic E-state index is 13.1. The molecule has 0 saturated carbocycles. The largest absolute Gasteiger partial charge is 0.497 e. The van der Waals surface area contributed by atoms with E-state index in [1.807, 2.05) is 44.1 Å². The summed E-state index contributed by atoms with van der Waals surface area (Å²) in [6.45, 7) is 3.18. The number of benzene rings is 2. The summed E-state index contributed by atoms with van der Waals surface area (Å²) in [5.74, 6) is 0.241. The number of aryl methyl sites for hydroxylation is 1. The molecule has 0 N–H and O–H groups in total. The third kappa shape index (κ3) is 6.05. The van der Waals surface area contributed by atoms with Crippen LogP contribution in [0.3, 0.4) is 0 Å². The van der Waals surface area contributed by atoms with Crippen LogP contribution in [0.5, 0.6) is 5.75 Å². The zero-order chi connectivity index (χ0) is 23.3. The van der Waals surface area contributed by atoms with Crippen LogP contribution >= 0.6 is 11.3 Å². The molecule has 0 saturated heterocycles. The summed E-state index contributed by atoms with van der Waals surface area (Å²) in [4.78, 5) is 21.7. The molecule has 0 radical (unpaired) electrons. The summed E-state index contributed by atoms with van der Waals surface area (Å²) in [5, 5.41) is 0.574. The summed E-state index contributed by atoms with van der Waals surface area (Å²) in [7, 11) is 2.01. The maximum Gasteiger partial charge on any atom is 0.229 e. The molecule has 172 valence electrons. The van der Waals surface area contributed by atoms with E-state index < -0.39 is 9.84 Å². The number of hydrogen-bond donors (Lipinski definition) is 0. The molecule has 0 aliphatic heterocycles. The second-order valence-corrected chi connectivity index (χ2v) is 11.0. The standard InChI is InChI=1S/C23H29N3O4S2/c1-17-6-9-19(10-7-17)32(28,29)15-12-22(27)26(14-5-13-25(2)3)23-24-20-11-8-18(30-4)16-21(20)31-23/h6-11,16H,5,12-15H2,1-4H3. The molecule has 3 aromatic rings. The Bertz CT molecular complexity index is 1170. The number of carbonyl (C=O) groups is 1. The van der Waals surface area contributed by atoms with E-state index in [0.717, 1.165) is 34.5 Å². The number of sulfone groups is 1. The Morgan fingerprint density at radius 3 is 2.47 bits per heavy atom. The summed E-state index contributed by atoms with van der Waals surface area (Å²) in [6.07, 6.45) is 0.653. The molecule has 0 fully saturated rings. The van der Waals surface area contributed by atoms with E-state index in [1.165, 1.54) is 11.3 Å². The number of thiazole rings is 1. The predicted molar refractivity (Wildman–Crippen MR) is 130 cm³/mol. The molecule has 1 heterocycles. The van der Waals surface area contributed by atoms with Crippen molar-refractivity contribution >= 4 is 42.4 Å². The molecular formula is C23H29N3O4S2. The monoisotopic (exact) mass is 475 g/mol. The average Bonchev–Trinajstić information content (AvgIpc) is 3.18. The second kappa shape index (κ2) is 10.4. The number of amides is 1. The number of rotatable bonds is 10. The van der Waals surface area contributed by atoms with Crippen LogP contribution in [0.4, 0.5) is 5.13 Å². The highest BCUT2D eigenvalue weighted by atomic mass is 32.2. The number of ether oxygens (including phenoxy) is 1. The van der Waals surface area contributed by atoms with Crippen molar-refractivity contribution in [2.24, 2.45) is 0 Å². The predicted octanol–water partition coefficient (Wildman–Crippen LogP) is 3.76. The Labute approximate surface area is 193 Å². The van der Waals surface area contributed by atoms with Gasteiger partial charge in [-0.3, -0.25) is 9.69 Å². The molecule has 0 atom stereocenters. The number of nitrogens with zero attached hydrogens (tertiary/aromatic N) is 3.